The van der Waals surface area contributed by atoms with Gasteiger partial charge in [0.05, 0.1) is 12.1 Å². The Balaban J connectivity index is 1.76. The number of allylic oxidation sites excluding steroid dienone is 2. The first-order chi connectivity index (χ1) is 14.6. The molecule has 0 amide bonds. The average molecular weight is 406 g/mol. The van der Waals surface area contributed by atoms with Crippen molar-refractivity contribution < 1.29 is 4.79 Å². The number of hydrogen-bond donors (Lipinski definition) is 1. The number of pyridine rings is 1. The van der Waals surface area contributed by atoms with Crippen LogP contribution in [0.15, 0.2) is 59.5 Å². The number of fused-ring (bicyclic) bond motifs is 1. The van der Waals surface area contributed by atoms with Crippen molar-refractivity contribution in [3.8, 4) is 0 Å². The molecule has 7 heteroatoms. The van der Waals surface area contributed by atoms with Crippen molar-refractivity contribution >= 4 is 22.8 Å². The third-order valence-electron chi connectivity index (χ3n) is 5.52. The van der Waals surface area contributed by atoms with Gasteiger partial charge in [0.25, 0.3) is 5.56 Å². The van der Waals surface area contributed by atoms with Crippen molar-refractivity contribution in [2.75, 3.05) is 18.0 Å². The lowest BCUT2D eigenvalue weighted by Gasteiger charge is -2.31. The smallest absolute Gasteiger partial charge is 0.277 e. The summed E-state index contributed by atoms with van der Waals surface area (Å²) in [6, 6.07) is 11.0. The van der Waals surface area contributed by atoms with E-state index in [9.17, 15) is 9.59 Å². The van der Waals surface area contributed by atoms with Crippen molar-refractivity contribution in [1.29, 1.82) is 0 Å². The Morgan fingerprint density at radius 2 is 2.07 bits per heavy atom. The number of carbonyl (C=O) groups excluding carboxylic acids is 1. The molecule has 4 rings (SSSR count). The van der Waals surface area contributed by atoms with Crippen LogP contribution in [0.25, 0.3) is 11.0 Å². The minimum absolute atomic E-state index is 0.00247. The normalized spacial score (nSPS) is 17.1. The molecule has 2 aromatic heterocycles. The molecule has 2 N–H and O–H groups in total. The zero-order chi connectivity index (χ0) is 21.1. The van der Waals surface area contributed by atoms with Crippen molar-refractivity contribution in [2.24, 2.45) is 5.73 Å². The molecule has 0 saturated carbocycles. The zero-order valence-electron chi connectivity index (χ0n) is 17.2. The molecule has 1 unspecified atom stereocenters. The fourth-order valence-corrected chi connectivity index (χ4v) is 3.98. The van der Waals surface area contributed by atoms with Crippen LogP contribution in [0.1, 0.15) is 30.1 Å². The van der Waals surface area contributed by atoms with E-state index in [0.29, 0.717) is 23.1 Å². The van der Waals surface area contributed by atoms with Gasteiger partial charge in [-0.15, -0.1) is 0 Å². The predicted molar refractivity (Wildman–Crippen MR) is 119 cm³/mol. The van der Waals surface area contributed by atoms with Gasteiger partial charge in [-0.3, -0.25) is 9.59 Å². The van der Waals surface area contributed by atoms with Gasteiger partial charge >= 0.3 is 0 Å². The van der Waals surface area contributed by atoms with Crippen molar-refractivity contribution in [3.05, 3.63) is 70.7 Å². The van der Waals surface area contributed by atoms with Crippen molar-refractivity contribution in [1.82, 2.24) is 14.1 Å². The lowest BCUT2D eigenvalue weighted by molar-refractivity contribution is 0.0971. The molecule has 30 heavy (non-hydrogen) atoms. The number of imidazole rings is 1. The highest BCUT2D eigenvalue weighted by molar-refractivity contribution is 5.96. The quantitative estimate of drug-likeness (QED) is 0.503. The molecule has 3 heterocycles. The molecular weight excluding hydrogens is 378 g/mol. The zero-order valence-corrected chi connectivity index (χ0v) is 17.2. The summed E-state index contributed by atoms with van der Waals surface area (Å²) in [7, 11) is 0. The van der Waals surface area contributed by atoms with Crippen LogP contribution in [0.4, 0.5) is 5.95 Å². The van der Waals surface area contributed by atoms with Gasteiger partial charge in [0, 0.05) is 37.4 Å². The second kappa shape index (κ2) is 8.67. The number of hydrogen-bond acceptors (Lipinski definition) is 5. The Morgan fingerprint density at radius 3 is 2.80 bits per heavy atom. The molecule has 0 spiro atoms. The Morgan fingerprint density at radius 1 is 1.27 bits per heavy atom. The third kappa shape index (κ3) is 3.93. The van der Waals surface area contributed by atoms with Gasteiger partial charge in [-0.05, 0) is 25.8 Å². The molecule has 1 atom stereocenters. The molecule has 3 aromatic rings. The van der Waals surface area contributed by atoms with Crippen LogP contribution in [0.5, 0.6) is 0 Å². The van der Waals surface area contributed by atoms with E-state index in [1.165, 1.54) is 4.57 Å². The fraction of sp³-hybridized carbons (Fsp3) is 0.348. The molecule has 1 aromatic carbocycles. The maximum Gasteiger partial charge on any atom is 0.277 e. The van der Waals surface area contributed by atoms with Gasteiger partial charge < -0.3 is 19.8 Å². The molecule has 0 radical (unpaired) electrons. The first kappa shape index (κ1) is 20.1. The van der Waals surface area contributed by atoms with E-state index in [4.69, 9.17) is 10.7 Å². The summed E-state index contributed by atoms with van der Waals surface area (Å²) in [6.45, 7) is 4.08. The number of nitrogens with zero attached hydrogens (tertiary/aromatic N) is 4. The highest BCUT2D eigenvalue weighted by atomic mass is 16.1. The molecule has 7 nitrogen and oxygen atoms in total. The number of carbonyl (C=O) groups is 1. The predicted octanol–water partition coefficient (Wildman–Crippen LogP) is 2.58. The monoisotopic (exact) mass is 405 g/mol. The fourth-order valence-electron chi connectivity index (χ4n) is 3.98. The number of aromatic nitrogens is 3. The van der Waals surface area contributed by atoms with E-state index in [2.05, 4.69) is 4.90 Å². The van der Waals surface area contributed by atoms with Crippen LogP contribution in [0, 0.1) is 0 Å². The van der Waals surface area contributed by atoms with Gasteiger partial charge in [0.2, 0.25) is 5.95 Å². The Kier molecular flexibility index (Phi) is 5.81. The molecule has 1 aliphatic heterocycles. The SMILES string of the molecule is CC=CCn1c(N2CCCC(N)C2)nc2ccn(CC(=O)c3ccccc3)c(=O)c21. The van der Waals surface area contributed by atoms with Crippen LogP contribution in [-0.4, -0.2) is 39.0 Å². The molecular formula is C23H27N5O2. The van der Waals surface area contributed by atoms with E-state index in [1.54, 1.807) is 18.3 Å². The molecule has 1 saturated heterocycles. The summed E-state index contributed by atoms with van der Waals surface area (Å²) in [5.41, 5.74) is 7.72. The van der Waals surface area contributed by atoms with Crippen LogP contribution in [0.3, 0.4) is 0 Å². The molecule has 0 aliphatic carbocycles. The maximum atomic E-state index is 13.3. The summed E-state index contributed by atoms with van der Waals surface area (Å²) in [6.07, 6.45) is 7.62. The van der Waals surface area contributed by atoms with Gasteiger partial charge in [0.1, 0.15) is 5.52 Å². The standard InChI is InChI=1S/C23H27N5O2/c1-2-3-13-28-21-19(25-23(28)27-12-7-10-18(24)15-27)11-14-26(22(21)30)16-20(29)17-8-5-4-6-9-17/h2-6,8-9,11,14,18H,7,10,12-13,15-16,24H2,1H3. The minimum atomic E-state index is -0.207. The summed E-state index contributed by atoms with van der Waals surface area (Å²) < 4.78 is 3.41. The second-order valence-corrected chi connectivity index (χ2v) is 7.71. The lowest BCUT2D eigenvalue weighted by atomic mass is 10.1. The number of benzene rings is 1. The number of nitrogens with two attached hydrogens (primary N) is 1. The van der Waals surface area contributed by atoms with Crippen LogP contribution < -0.4 is 16.2 Å². The van der Waals surface area contributed by atoms with Gasteiger partial charge in [0.15, 0.2) is 5.78 Å². The second-order valence-electron chi connectivity index (χ2n) is 7.71. The summed E-state index contributed by atoms with van der Waals surface area (Å²) in [5.74, 6) is 0.668. The number of Topliss-reactive ketones (excluding diaryl/α,β-unsaturated/α-hetero) is 1. The maximum absolute atomic E-state index is 13.3. The van der Waals surface area contributed by atoms with Gasteiger partial charge in [-0.2, -0.15) is 0 Å². The van der Waals surface area contributed by atoms with Crippen molar-refractivity contribution in [3.63, 3.8) is 0 Å². The summed E-state index contributed by atoms with van der Waals surface area (Å²) >= 11 is 0. The third-order valence-corrected chi connectivity index (χ3v) is 5.52. The van der Waals surface area contributed by atoms with Crippen LogP contribution >= 0.6 is 0 Å². The van der Waals surface area contributed by atoms with Gasteiger partial charge in [-0.1, -0.05) is 42.5 Å². The highest BCUT2D eigenvalue weighted by Crippen LogP contribution is 2.23. The van der Waals surface area contributed by atoms with Crippen LogP contribution in [-0.2, 0) is 13.1 Å². The van der Waals surface area contributed by atoms with Gasteiger partial charge in [-0.25, -0.2) is 4.98 Å². The Hall–Kier alpha value is -3.19. The topological polar surface area (TPSA) is 86.2 Å². The number of rotatable bonds is 6. The first-order valence-corrected chi connectivity index (χ1v) is 10.4. The van der Waals surface area contributed by atoms with E-state index < -0.39 is 0 Å². The minimum Gasteiger partial charge on any atom is -0.341 e. The number of anilines is 1. The van der Waals surface area contributed by atoms with E-state index in [1.807, 2.05) is 47.9 Å². The largest absolute Gasteiger partial charge is 0.341 e. The summed E-state index contributed by atoms with van der Waals surface area (Å²) in [4.78, 5) is 32.9. The highest BCUT2D eigenvalue weighted by Gasteiger charge is 2.24. The van der Waals surface area contributed by atoms with E-state index in [0.717, 1.165) is 31.9 Å². The van der Waals surface area contributed by atoms with Crippen LogP contribution in [0.2, 0.25) is 0 Å². The van der Waals surface area contributed by atoms with E-state index >= 15 is 0 Å². The molecule has 1 aliphatic rings. The first-order valence-electron chi connectivity index (χ1n) is 10.4. The number of piperidine rings is 1. The molecule has 1 fully saturated rings. The average Bonchev–Trinajstić information content (AvgIpc) is 3.14. The Labute approximate surface area is 175 Å². The van der Waals surface area contributed by atoms with Crippen molar-refractivity contribution in [2.45, 2.75) is 38.9 Å². The molecule has 0 bridgehead atoms. The lowest BCUT2D eigenvalue weighted by Crippen LogP contribution is -2.44. The number of ketones is 1. The molecule has 156 valence electrons. The Bertz CT molecular complexity index is 1130. The van der Waals surface area contributed by atoms with E-state index in [-0.39, 0.29) is 23.9 Å². The summed E-state index contributed by atoms with van der Waals surface area (Å²) in [5, 5.41) is 0.